The molecular formula is C16H13ClFNO4. The summed E-state index contributed by atoms with van der Waals surface area (Å²) in [6, 6.07) is 6.71. The molecule has 0 aliphatic heterocycles. The predicted octanol–water partition coefficient (Wildman–Crippen LogP) is 2.98. The zero-order valence-electron chi connectivity index (χ0n) is 12.1. The Balaban J connectivity index is 2.36. The summed E-state index contributed by atoms with van der Waals surface area (Å²) in [5.41, 5.74) is -0.241. The van der Waals surface area contributed by atoms with E-state index < -0.39 is 23.2 Å². The quantitative estimate of drug-likeness (QED) is 0.664. The number of hydrogen-bond acceptors (Lipinski definition) is 4. The Morgan fingerprint density at radius 3 is 2.65 bits per heavy atom. The third-order valence-corrected chi connectivity index (χ3v) is 3.61. The van der Waals surface area contributed by atoms with E-state index in [2.05, 4.69) is 0 Å². The number of nitrogens with zero attached hydrogens (tertiary/aromatic N) is 1. The minimum atomic E-state index is -0.736. The van der Waals surface area contributed by atoms with Gasteiger partial charge in [-0.2, -0.15) is 0 Å². The number of aromatic hydroxyl groups is 2. The fourth-order valence-corrected chi connectivity index (χ4v) is 2.30. The molecule has 2 N–H and O–H groups in total. The summed E-state index contributed by atoms with van der Waals surface area (Å²) in [4.78, 5) is 24.6. The van der Waals surface area contributed by atoms with Crippen LogP contribution >= 0.6 is 11.6 Å². The van der Waals surface area contributed by atoms with E-state index in [4.69, 9.17) is 11.6 Å². The van der Waals surface area contributed by atoms with Crippen molar-refractivity contribution in [1.29, 1.82) is 0 Å². The molecule has 0 saturated carbocycles. The Kier molecular flexibility index (Phi) is 4.86. The molecule has 7 heteroatoms. The molecule has 2 rings (SSSR count). The maximum atomic E-state index is 13.9. The molecule has 120 valence electrons. The second-order valence-corrected chi connectivity index (χ2v) is 5.30. The molecule has 5 nitrogen and oxygen atoms in total. The lowest BCUT2D eigenvalue weighted by atomic mass is 10.0. The minimum absolute atomic E-state index is 0.0721. The predicted molar refractivity (Wildman–Crippen MR) is 82.4 cm³/mol. The van der Waals surface area contributed by atoms with Gasteiger partial charge in [-0.1, -0.05) is 23.7 Å². The molecule has 0 saturated heterocycles. The molecule has 1 amide bonds. The van der Waals surface area contributed by atoms with Crippen LogP contribution in [-0.2, 0) is 6.54 Å². The number of rotatable bonds is 4. The minimum Gasteiger partial charge on any atom is -0.504 e. The largest absolute Gasteiger partial charge is 0.504 e. The van der Waals surface area contributed by atoms with E-state index in [-0.39, 0.29) is 28.3 Å². The van der Waals surface area contributed by atoms with E-state index in [1.165, 1.54) is 25.2 Å². The highest BCUT2D eigenvalue weighted by Gasteiger charge is 2.23. The van der Waals surface area contributed by atoms with Gasteiger partial charge in [0, 0.05) is 24.7 Å². The van der Waals surface area contributed by atoms with Crippen LogP contribution in [0.1, 0.15) is 26.3 Å². The van der Waals surface area contributed by atoms with Gasteiger partial charge in [0.15, 0.2) is 17.8 Å². The van der Waals surface area contributed by atoms with E-state index in [0.717, 1.165) is 11.0 Å². The molecule has 0 atom stereocenters. The fraction of sp³-hybridized carbons (Fsp3) is 0.125. The summed E-state index contributed by atoms with van der Waals surface area (Å²) in [5.74, 6) is -2.61. The number of benzene rings is 2. The average molecular weight is 338 g/mol. The van der Waals surface area contributed by atoms with Gasteiger partial charge in [-0.3, -0.25) is 9.59 Å². The maximum Gasteiger partial charge on any atom is 0.258 e. The van der Waals surface area contributed by atoms with E-state index >= 15 is 0 Å². The molecule has 2 aromatic carbocycles. The van der Waals surface area contributed by atoms with Crippen molar-refractivity contribution in [1.82, 2.24) is 4.90 Å². The standard InChI is InChI=1S/C16H13ClFNO4/c1-19(7-9-3-2-4-11(17)14(9)18)16(23)13-10(8-20)5-6-12(21)15(13)22/h2-6,8,21-22H,7H2,1H3. The molecule has 2 aromatic rings. The lowest BCUT2D eigenvalue weighted by molar-refractivity contribution is 0.0777. The second kappa shape index (κ2) is 6.66. The van der Waals surface area contributed by atoms with E-state index in [1.807, 2.05) is 0 Å². The number of halogens is 2. The summed E-state index contributed by atoms with van der Waals surface area (Å²) >= 11 is 5.69. The third-order valence-electron chi connectivity index (χ3n) is 3.32. The van der Waals surface area contributed by atoms with Gasteiger partial charge in [0.1, 0.15) is 5.82 Å². The van der Waals surface area contributed by atoms with Crippen molar-refractivity contribution in [3.05, 3.63) is 57.9 Å². The summed E-state index contributed by atoms with van der Waals surface area (Å²) in [6.45, 7) is -0.126. The number of amides is 1. The Morgan fingerprint density at radius 2 is 2.00 bits per heavy atom. The fourth-order valence-electron chi connectivity index (χ4n) is 2.11. The maximum absolute atomic E-state index is 13.9. The van der Waals surface area contributed by atoms with Gasteiger partial charge in [0.25, 0.3) is 5.91 Å². The van der Waals surface area contributed by atoms with Gasteiger partial charge in [-0.15, -0.1) is 0 Å². The van der Waals surface area contributed by atoms with E-state index in [1.54, 1.807) is 6.07 Å². The molecule has 0 unspecified atom stereocenters. The molecular weight excluding hydrogens is 325 g/mol. The van der Waals surface area contributed by atoms with Crippen molar-refractivity contribution in [2.75, 3.05) is 7.05 Å². The number of phenols is 2. The van der Waals surface area contributed by atoms with Crippen molar-refractivity contribution in [3.63, 3.8) is 0 Å². The first-order valence-corrected chi connectivity index (χ1v) is 6.93. The summed E-state index contributed by atoms with van der Waals surface area (Å²) < 4.78 is 13.9. The number of hydrogen-bond donors (Lipinski definition) is 2. The molecule has 0 radical (unpaired) electrons. The first kappa shape index (κ1) is 16.8. The molecule has 0 heterocycles. The lowest BCUT2D eigenvalue weighted by Gasteiger charge is -2.19. The molecule has 0 bridgehead atoms. The van der Waals surface area contributed by atoms with Gasteiger partial charge in [0.05, 0.1) is 10.6 Å². The van der Waals surface area contributed by atoms with Crippen molar-refractivity contribution in [2.24, 2.45) is 0 Å². The van der Waals surface area contributed by atoms with Crippen molar-refractivity contribution in [2.45, 2.75) is 6.54 Å². The first-order chi connectivity index (χ1) is 10.9. The normalized spacial score (nSPS) is 10.4. The Bertz CT molecular complexity index is 779. The van der Waals surface area contributed by atoms with Crippen LogP contribution in [0.2, 0.25) is 5.02 Å². The zero-order chi connectivity index (χ0) is 17.1. The summed E-state index contributed by atoms with van der Waals surface area (Å²) in [7, 11) is 1.38. The van der Waals surface area contributed by atoms with Gasteiger partial charge in [-0.25, -0.2) is 4.39 Å². The van der Waals surface area contributed by atoms with Gasteiger partial charge >= 0.3 is 0 Å². The smallest absolute Gasteiger partial charge is 0.258 e. The number of aldehydes is 1. The molecule has 0 fully saturated rings. The van der Waals surface area contributed by atoms with Crippen LogP contribution in [0, 0.1) is 5.82 Å². The van der Waals surface area contributed by atoms with Crippen LogP contribution in [0.4, 0.5) is 4.39 Å². The average Bonchev–Trinajstić information content (AvgIpc) is 2.53. The molecule has 0 spiro atoms. The molecule has 0 aromatic heterocycles. The van der Waals surface area contributed by atoms with Crippen molar-refractivity contribution >= 4 is 23.8 Å². The van der Waals surface area contributed by atoms with Gasteiger partial charge < -0.3 is 15.1 Å². The van der Waals surface area contributed by atoms with Crippen LogP contribution in [-0.4, -0.2) is 34.4 Å². The topological polar surface area (TPSA) is 77.8 Å². The Morgan fingerprint density at radius 1 is 1.30 bits per heavy atom. The number of phenolic OH excluding ortho intramolecular Hbond substituents is 2. The van der Waals surface area contributed by atoms with Crippen LogP contribution in [0.25, 0.3) is 0 Å². The second-order valence-electron chi connectivity index (χ2n) is 4.89. The van der Waals surface area contributed by atoms with Crippen LogP contribution in [0.15, 0.2) is 30.3 Å². The molecule has 0 aliphatic carbocycles. The monoisotopic (exact) mass is 337 g/mol. The van der Waals surface area contributed by atoms with Crippen LogP contribution in [0.5, 0.6) is 11.5 Å². The highest BCUT2D eigenvalue weighted by molar-refractivity contribution is 6.30. The van der Waals surface area contributed by atoms with Gasteiger partial charge in [-0.05, 0) is 18.2 Å². The SMILES string of the molecule is CN(Cc1cccc(Cl)c1F)C(=O)c1c(C=O)ccc(O)c1O. The van der Waals surface area contributed by atoms with Crippen LogP contribution in [0.3, 0.4) is 0 Å². The van der Waals surface area contributed by atoms with Crippen molar-refractivity contribution in [3.8, 4) is 11.5 Å². The summed E-state index contributed by atoms with van der Waals surface area (Å²) in [6.07, 6.45) is 0.389. The Labute approximate surface area is 136 Å². The van der Waals surface area contributed by atoms with Gasteiger partial charge in [0.2, 0.25) is 0 Å². The first-order valence-electron chi connectivity index (χ1n) is 6.55. The highest BCUT2D eigenvalue weighted by Crippen LogP contribution is 2.32. The van der Waals surface area contributed by atoms with Crippen LogP contribution < -0.4 is 0 Å². The number of carbonyl (C=O) groups is 2. The molecule has 0 aliphatic rings. The Hall–Kier alpha value is -2.60. The highest BCUT2D eigenvalue weighted by atomic mass is 35.5. The van der Waals surface area contributed by atoms with E-state index in [0.29, 0.717) is 6.29 Å². The van der Waals surface area contributed by atoms with E-state index in [9.17, 15) is 24.2 Å². The lowest BCUT2D eigenvalue weighted by Crippen LogP contribution is -2.27. The van der Waals surface area contributed by atoms with Crippen molar-refractivity contribution < 1.29 is 24.2 Å². The number of carbonyl (C=O) groups excluding carboxylic acids is 2. The summed E-state index contributed by atoms with van der Waals surface area (Å²) in [5, 5.41) is 19.3. The zero-order valence-corrected chi connectivity index (χ0v) is 12.8. The molecule has 23 heavy (non-hydrogen) atoms. The third kappa shape index (κ3) is 3.27.